The van der Waals surface area contributed by atoms with Gasteiger partial charge in [0.15, 0.2) is 0 Å². The molecule has 1 aliphatic carbocycles. The fourth-order valence-electron chi connectivity index (χ4n) is 4.78. The Morgan fingerprint density at radius 3 is 2.31 bits per heavy atom. The molecule has 1 aliphatic heterocycles. The summed E-state index contributed by atoms with van der Waals surface area (Å²) in [7, 11) is 0. The molecule has 1 atom stereocenters. The van der Waals surface area contributed by atoms with Gasteiger partial charge in [-0.3, -0.25) is 24.1 Å². The lowest BCUT2D eigenvalue weighted by atomic mass is 10.1. The molecular weight excluding hydrogens is 501 g/mol. The zero-order chi connectivity index (χ0) is 25.8. The molecule has 1 heterocycles. The summed E-state index contributed by atoms with van der Waals surface area (Å²) in [6, 6.07) is 11.1. The Balaban J connectivity index is 1.43. The Morgan fingerprint density at radius 2 is 1.69 bits per heavy atom. The van der Waals surface area contributed by atoms with Crippen molar-refractivity contribution in [1.82, 2.24) is 15.1 Å². The Bertz CT molecular complexity index is 1140. The van der Waals surface area contributed by atoms with E-state index in [0.29, 0.717) is 26.7 Å². The quantitative estimate of drug-likeness (QED) is 0.470. The summed E-state index contributed by atoms with van der Waals surface area (Å²) < 4.78 is 0. The second-order valence-corrected chi connectivity index (χ2v) is 10.2. The summed E-state index contributed by atoms with van der Waals surface area (Å²) in [6.45, 7) is 1.97. The van der Waals surface area contributed by atoms with Gasteiger partial charge in [0, 0.05) is 35.6 Å². The van der Waals surface area contributed by atoms with Gasteiger partial charge in [0.2, 0.25) is 11.8 Å². The molecule has 9 heteroatoms. The van der Waals surface area contributed by atoms with E-state index in [1.165, 1.54) is 9.80 Å². The number of hydrogen-bond donors (Lipinski definition) is 1. The molecule has 2 aromatic carbocycles. The van der Waals surface area contributed by atoms with Crippen molar-refractivity contribution < 1.29 is 19.2 Å². The lowest BCUT2D eigenvalue weighted by molar-refractivity contribution is -0.141. The average Bonchev–Trinajstić information content (AvgIpc) is 3.45. The summed E-state index contributed by atoms with van der Waals surface area (Å²) >= 11 is 12.4. The van der Waals surface area contributed by atoms with Crippen LogP contribution in [0.15, 0.2) is 42.5 Å². The molecule has 1 saturated carbocycles. The van der Waals surface area contributed by atoms with Crippen LogP contribution in [-0.4, -0.2) is 52.1 Å². The molecule has 4 amide bonds. The molecule has 0 saturated heterocycles. The van der Waals surface area contributed by atoms with Crippen LogP contribution in [-0.2, 0) is 16.1 Å². The number of carbonyl (C=O) groups excluding carboxylic acids is 4. The third-order valence-corrected chi connectivity index (χ3v) is 7.46. The summed E-state index contributed by atoms with van der Waals surface area (Å²) in [4.78, 5) is 54.3. The van der Waals surface area contributed by atoms with Crippen molar-refractivity contribution in [1.29, 1.82) is 0 Å². The van der Waals surface area contributed by atoms with Gasteiger partial charge in [-0.1, -0.05) is 54.2 Å². The number of hydrogen-bond acceptors (Lipinski definition) is 4. The van der Waals surface area contributed by atoms with Crippen molar-refractivity contribution in [2.75, 3.05) is 6.54 Å². The summed E-state index contributed by atoms with van der Waals surface area (Å²) in [5, 5.41) is 3.95. The summed E-state index contributed by atoms with van der Waals surface area (Å²) in [5.41, 5.74) is 1.44. The average molecular weight is 530 g/mol. The van der Waals surface area contributed by atoms with E-state index < -0.39 is 6.04 Å². The monoisotopic (exact) mass is 529 g/mol. The van der Waals surface area contributed by atoms with Crippen LogP contribution in [0.5, 0.6) is 0 Å². The van der Waals surface area contributed by atoms with Gasteiger partial charge in [0.05, 0.1) is 11.1 Å². The van der Waals surface area contributed by atoms with Crippen LogP contribution in [0.4, 0.5) is 0 Å². The van der Waals surface area contributed by atoms with E-state index in [4.69, 9.17) is 23.2 Å². The standard InChI is InChI=1S/C27H29Cl2N3O4/c1-17(25(34)30-20-7-2-3-8-20)32(16-18-12-13-19(28)15-23(18)29)24(33)11-6-14-31-26(35)21-9-4-5-10-22(21)27(31)36/h4-5,9-10,12-13,15,17,20H,2-3,6-8,11,14,16H2,1H3,(H,30,34)/t17-/m1/s1. The third kappa shape index (κ3) is 5.73. The summed E-state index contributed by atoms with van der Waals surface area (Å²) in [6.07, 6.45) is 4.40. The van der Waals surface area contributed by atoms with Gasteiger partial charge in [0.25, 0.3) is 11.8 Å². The molecule has 0 aromatic heterocycles. The van der Waals surface area contributed by atoms with Gasteiger partial charge in [-0.2, -0.15) is 0 Å². The van der Waals surface area contributed by atoms with Crippen molar-refractivity contribution >= 4 is 46.8 Å². The normalized spacial score (nSPS) is 16.2. The molecule has 190 valence electrons. The van der Waals surface area contributed by atoms with Crippen LogP contribution in [0, 0.1) is 0 Å². The smallest absolute Gasteiger partial charge is 0.261 e. The zero-order valence-electron chi connectivity index (χ0n) is 20.1. The van der Waals surface area contributed by atoms with Crippen LogP contribution in [0.1, 0.15) is 71.7 Å². The molecule has 2 aromatic rings. The maximum Gasteiger partial charge on any atom is 0.261 e. The van der Waals surface area contributed by atoms with Gasteiger partial charge in [0.1, 0.15) is 6.04 Å². The highest BCUT2D eigenvalue weighted by atomic mass is 35.5. The van der Waals surface area contributed by atoms with Gasteiger partial charge in [-0.15, -0.1) is 0 Å². The fourth-order valence-corrected chi connectivity index (χ4v) is 5.25. The molecule has 1 N–H and O–H groups in total. The first-order valence-electron chi connectivity index (χ1n) is 12.2. The minimum absolute atomic E-state index is 0.0691. The molecule has 1 fully saturated rings. The lowest BCUT2D eigenvalue weighted by Crippen LogP contribution is -2.49. The molecule has 0 bridgehead atoms. The first-order chi connectivity index (χ1) is 17.3. The fraction of sp³-hybridized carbons (Fsp3) is 0.407. The van der Waals surface area contributed by atoms with Crippen LogP contribution in [0.25, 0.3) is 0 Å². The van der Waals surface area contributed by atoms with E-state index >= 15 is 0 Å². The maximum absolute atomic E-state index is 13.4. The topological polar surface area (TPSA) is 86.8 Å². The first-order valence-corrected chi connectivity index (χ1v) is 13.0. The highest BCUT2D eigenvalue weighted by molar-refractivity contribution is 6.35. The van der Waals surface area contributed by atoms with E-state index in [1.807, 2.05) is 0 Å². The number of halogens is 2. The predicted molar refractivity (Wildman–Crippen MR) is 138 cm³/mol. The van der Waals surface area contributed by atoms with E-state index in [2.05, 4.69) is 5.32 Å². The molecule has 4 rings (SSSR count). The molecule has 36 heavy (non-hydrogen) atoms. The van der Waals surface area contributed by atoms with Crippen LogP contribution >= 0.6 is 23.2 Å². The number of benzene rings is 2. The van der Waals surface area contributed by atoms with Crippen molar-refractivity contribution in [3.05, 3.63) is 69.2 Å². The van der Waals surface area contributed by atoms with Gasteiger partial charge in [-0.05, 0) is 56.0 Å². The predicted octanol–water partition coefficient (Wildman–Crippen LogP) is 4.85. The number of carbonyl (C=O) groups is 4. The van der Waals surface area contributed by atoms with Crippen LogP contribution in [0.2, 0.25) is 10.0 Å². The van der Waals surface area contributed by atoms with Crippen molar-refractivity contribution in [3.8, 4) is 0 Å². The van der Waals surface area contributed by atoms with E-state index in [0.717, 1.165) is 25.7 Å². The number of rotatable bonds is 9. The highest BCUT2D eigenvalue weighted by Crippen LogP contribution is 2.25. The van der Waals surface area contributed by atoms with E-state index in [-0.39, 0.29) is 55.6 Å². The van der Waals surface area contributed by atoms with Crippen molar-refractivity contribution in [2.24, 2.45) is 0 Å². The molecular formula is C27H29Cl2N3O4. The number of amides is 4. The lowest BCUT2D eigenvalue weighted by Gasteiger charge is -2.30. The Kier molecular flexibility index (Phi) is 8.32. The Hall–Kier alpha value is -2.90. The van der Waals surface area contributed by atoms with E-state index in [9.17, 15) is 19.2 Å². The number of nitrogens with zero attached hydrogens (tertiary/aromatic N) is 2. The third-order valence-electron chi connectivity index (χ3n) is 6.88. The number of nitrogens with one attached hydrogen (secondary N) is 1. The molecule has 7 nitrogen and oxygen atoms in total. The maximum atomic E-state index is 13.4. The Labute approximate surface area is 220 Å². The second kappa shape index (κ2) is 11.4. The first kappa shape index (κ1) is 26.2. The summed E-state index contributed by atoms with van der Waals surface area (Å²) in [5.74, 6) is -1.17. The molecule has 0 spiro atoms. The van der Waals surface area contributed by atoms with Crippen molar-refractivity contribution in [2.45, 2.75) is 64.1 Å². The SMILES string of the molecule is C[C@H](C(=O)NC1CCCC1)N(Cc1ccc(Cl)cc1Cl)C(=O)CCCN1C(=O)c2ccccc2C1=O. The van der Waals surface area contributed by atoms with Gasteiger partial charge < -0.3 is 10.2 Å². The second-order valence-electron chi connectivity index (χ2n) is 9.33. The molecule has 0 radical (unpaired) electrons. The number of imide groups is 1. The zero-order valence-corrected chi connectivity index (χ0v) is 21.6. The van der Waals surface area contributed by atoms with Gasteiger partial charge in [-0.25, -0.2) is 0 Å². The number of fused-ring (bicyclic) bond motifs is 1. The minimum atomic E-state index is -0.718. The van der Waals surface area contributed by atoms with Crippen molar-refractivity contribution in [3.63, 3.8) is 0 Å². The minimum Gasteiger partial charge on any atom is -0.352 e. The Morgan fingerprint density at radius 1 is 1.06 bits per heavy atom. The van der Waals surface area contributed by atoms with E-state index in [1.54, 1.807) is 49.4 Å². The van der Waals surface area contributed by atoms with Crippen LogP contribution < -0.4 is 5.32 Å². The highest BCUT2D eigenvalue weighted by Gasteiger charge is 2.35. The largest absolute Gasteiger partial charge is 0.352 e. The van der Waals surface area contributed by atoms with Gasteiger partial charge >= 0.3 is 0 Å². The molecule has 0 unspecified atom stereocenters. The van der Waals surface area contributed by atoms with Crippen LogP contribution in [0.3, 0.4) is 0 Å². The molecule has 2 aliphatic rings.